The molecule has 1 N–H and O–H groups in total. The third-order valence-electron chi connectivity index (χ3n) is 2.63. The molecular formula is C13H13F3N2S. The Labute approximate surface area is 113 Å². The van der Waals surface area contributed by atoms with Gasteiger partial charge in [-0.15, -0.1) is 0 Å². The van der Waals surface area contributed by atoms with E-state index in [-0.39, 0.29) is 5.69 Å². The zero-order chi connectivity index (χ0) is 14.2. The SMILES string of the molecule is CC(C)Cc1cc(=S)n(-c2cc(F)c(F)c(F)c2)[nH]1. The molecule has 102 valence electrons. The first kappa shape index (κ1) is 13.9. The highest BCUT2D eigenvalue weighted by Crippen LogP contribution is 2.18. The van der Waals surface area contributed by atoms with E-state index in [0.717, 1.165) is 24.2 Å². The minimum atomic E-state index is -1.48. The van der Waals surface area contributed by atoms with Crippen LogP contribution in [0.1, 0.15) is 19.5 Å². The summed E-state index contributed by atoms with van der Waals surface area (Å²) in [7, 11) is 0. The summed E-state index contributed by atoms with van der Waals surface area (Å²) in [5.41, 5.74) is 1.00. The molecule has 6 heteroatoms. The number of aromatic amines is 1. The average molecular weight is 286 g/mol. The van der Waals surface area contributed by atoms with Crippen LogP contribution in [0.2, 0.25) is 0 Å². The molecule has 0 bridgehead atoms. The Kier molecular flexibility index (Phi) is 3.80. The van der Waals surface area contributed by atoms with Gasteiger partial charge in [-0.2, -0.15) is 0 Å². The van der Waals surface area contributed by atoms with Gasteiger partial charge in [0.2, 0.25) is 0 Å². The van der Waals surface area contributed by atoms with Crippen molar-refractivity contribution in [2.75, 3.05) is 0 Å². The summed E-state index contributed by atoms with van der Waals surface area (Å²) in [6, 6.07) is 3.54. The lowest BCUT2D eigenvalue weighted by Gasteiger charge is -2.06. The lowest BCUT2D eigenvalue weighted by molar-refractivity contribution is 0.446. The molecule has 0 aliphatic heterocycles. The molecule has 2 aromatic rings. The molecule has 2 nitrogen and oxygen atoms in total. The minimum absolute atomic E-state index is 0.136. The molecular weight excluding hydrogens is 273 g/mol. The standard InChI is InChI=1S/C13H13F3N2S/c1-7(2)3-8-4-12(19)18(17-8)9-5-10(14)13(16)11(15)6-9/h4-7,17H,3H2,1-2H3. The zero-order valence-electron chi connectivity index (χ0n) is 10.5. The topological polar surface area (TPSA) is 20.7 Å². The Morgan fingerprint density at radius 3 is 2.26 bits per heavy atom. The van der Waals surface area contributed by atoms with Crippen LogP contribution in [0, 0.1) is 28.0 Å². The first-order valence-corrected chi connectivity index (χ1v) is 6.25. The summed E-state index contributed by atoms with van der Waals surface area (Å²) < 4.78 is 41.1. The second-order valence-electron chi connectivity index (χ2n) is 4.78. The molecule has 0 aliphatic carbocycles. The average Bonchev–Trinajstić information content (AvgIpc) is 2.65. The van der Waals surface area contributed by atoms with Crippen molar-refractivity contribution in [3.05, 3.63) is 46.0 Å². The summed E-state index contributed by atoms with van der Waals surface area (Å²) in [4.78, 5) is 0. The van der Waals surface area contributed by atoms with E-state index in [9.17, 15) is 13.2 Å². The van der Waals surface area contributed by atoms with E-state index < -0.39 is 17.5 Å². The number of halogens is 3. The number of hydrogen-bond donors (Lipinski definition) is 1. The predicted molar refractivity (Wildman–Crippen MR) is 69.4 cm³/mol. The highest BCUT2D eigenvalue weighted by molar-refractivity contribution is 7.71. The van der Waals surface area contributed by atoms with Gasteiger partial charge in [0.1, 0.15) is 4.64 Å². The first-order chi connectivity index (χ1) is 8.88. The summed E-state index contributed by atoms with van der Waals surface area (Å²) in [6.45, 7) is 4.09. The number of benzene rings is 1. The number of rotatable bonds is 3. The van der Waals surface area contributed by atoms with E-state index in [1.54, 1.807) is 6.07 Å². The molecule has 0 aliphatic rings. The lowest BCUT2D eigenvalue weighted by atomic mass is 10.1. The molecule has 0 saturated carbocycles. The predicted octanol–water partition coefficient (Wildman–Crippen LogP) is 4.15. The fourth-order valence-electron chi connectivity index (χ4n) is 1.85. The third kappa shape index (κ3) is 2.89. The maximum Gasteiger partial charge on any atom is 0.194 e. The molecule has 19 heavy (non-hydrogen) atoms. The van der Waals surface area contributed by atoms with E-state index in [2.05, 4.69) is 5.10 Å². The molecule has 0 fully saturated rings. The highest BCUT2D eigenvalue weighted by atomic mass is 32.1. The van der Waals surface area contributed by atoms with Crippen molar-refractivity contribution in [3.63, 3.8) is 0 Å². The van der Waals surface area contributed by atoms with Crippen LogP contribution in [-0.2, 0) is 6.42 Å². The van der Waals surface area contributed by atoms with E-state index >= 15 is 0 Å². The van der Waals surface area contributed by atoms with Crippen LogP contribution < -0.4 is 0 Å². The molecule has 1 heterocycles. The maximum atomic E-state index is 13.2. The van der Waals surface area contributed by atoms with Crippen molar-refractivity contribution in [1.29, 1.82) is 0 Å². The van der Waals surface area contributed by atoms with Gasteiger partial charge in [-0.1, -0.05) is 26.1 Å². The Morgan fingerprint density at radius 2 is 1.74 bits per heavy atom. The van der Waals surface area contributed by atoms with Crippen LogP contribution in [0.15, 0.2) is 18.2 Å². The van der Waals surface area contributed by atoms with Gasteiger partial charge in [0.05, 0.1) is 5.69 Å². The van der Waals surface area contributed by atoms with Gasteiger partial charge in [-0.3, -0.25) is 5.10 Å². The summed E-state index contributed by atoms with van der Waals surface area (Å²) in [5.74, 6) is -3.54. The molecule has 1 aromatic heterocycles. The monoisotopic (exact) mass is 286 g/mol. The summed E-state index contributed by atoms with van der Waals surface area (Å²) in [5, 5.41) is 2.96. The van der Waals surface area contributed by atoms with Crippen molar-refractivity contribution in [1.82, 2.24) is 9.78 Å². The number of hydrogen-bond acceptors (Lipinski definition) is 1. The van der Waals surface area contributed by atoms with Crippen molar-refractivity contribution < 1.29 is 13.2 Å². The van der Waals surface area contributed by atoms with Crippen molar-refractivity contribution in [2.24, 2.45) is 5.92 Å². The smallest absolute Gasteiger partial charge is 0.194 e. The zero-order valence-corrected chi connectivity index (χ0v) is 11.3. The second-order valence-corrected chi connectivity index (χ2v) is 5.19. The van der Waals surface area contributed by atoms with Crippen LogP contribution in [0.5, 0.6) is 0 Å². The highest BCUT2D eigenvalue weighted by Gasteiger charge is 2.13. The van der Waals surface area contributed by atoms with E-state index in [0.29, 0.717) is 10.6 Å². The van der Waals surface area contributed by atoms with Gasteiger partial charge >= 0.3 is 0 Å². The fraction of sp³-hybridized carbons (Fsp3) is 0.308. The molecule has 1 aromatic carbocycles. The number of nitrogens with zero attached hydrogens (tertiary/aromatic N) is 1. The van der Waals surface area contributed by atoms with Crippen LogP contribution in [-0.4, -0.2) is 9.78 Å². The lowest BCUT2D eigenvalue weighted by Crippen LogP contribution is -2.02. The molecule has 0 amide bonds. The van der Waals surface area contributed by atoms with Gasteiger partial charge in [0, 0.05) is 17.8 Å². The number of H-pyrrole nitrogens is 1. The van der Waals surface area contributed by atoms with Gasteiger partial charge < -0.3 is 0 Å². The Hall–Kier alpha value is -1.56. The number of nitrogens with one attached hydrogen (secondary N) is 1. The Balaban J connectivity index is 2.47. The molecule has 0 saturated heterocycles. The Morgan fingerprint density at radius 1 is 1.16 bits per heavy atom. The van der Waals surface area contributed by atoms with E-state index in [4.69, 9.17) is 12.2 Å². The quantitative estimate of drug-likeness (QED) is 0.664. The fourth-order valence-corrected chi connectivity index (χ4v) is 2.15. The van der Waals surface area contributed by atoms with Crippen LogP contribution in [0.3, 0.4) is 0 Å². The molecule has 0 unspecified atom stereocenters. The van der Waals surface area contributed by atoms with Crippen molar-refractivity contribution >= 4 is 12.2 Å². The number of aromatic nitrogens is 2. The molecule has 0 atom stereocenters. The van der Waals surface area contributed by atoms with Gasteiger partial charge in [-0.25, -0.2) is 17.9 Å². The van der Waals surface area contributed by atoms with Crippen molar-refractivity contribution in [2.45, 2.75) is 20.3 Å². The van der Waals surface area contributed by atoms with Gasteiger partial charge in [0.25, 0.3) is 0 Å². The normalized spacial score (nSPS) is 11.3. The summed E-state index contributed by atoms with van der Waals surface area (Å²) in [6.07, 6.45) is 0.767. The molecule has 2 rings (SSSR count). The van der Waals surface area contributed by atoms with E-state index in [1.807, 2.05) is 13.8 Å². The van der Waals surface area contributed by atoms with Gasteiger partial charge in [0.15, 0.2) is 17.5 Å². The largest absolute Gasteiger partial charge is 0.297 e. The summed E-state index contributed by atoms with van der Waals surface area (Å²) >= 11 is 5.12. The van der Waals surface area contributed by atoms with E-state index in [1.165, 1.54) is 4.68 Å². The van der Waals surface area contributed by atoms with Crippen LogP contribution >= 0.6 is 12.2 Å². The van der Waals surface area contributed by atoms with Crippen molar-refractivity contribution in [3.8, 4) is 5.69 Å². The molecule has 0 radical (unpaired) electrons. The second kappa shape index (κ2) is 5.21. The maximum absolute atomic E-state index is 13.2. The van der Waals surface area contributed by atoms with Crippen LogP contribution in [0.25, 0.3) is 5.69 Å². The van der Waals surface area contributed by atoms with Gasteiger partial charge in [-0.05, 0) is 18.4 Å². The molecule has 0 spiro atoms. The van der Waals surface area contributed by atoms with Crippen LogP contribution in [0.4, 0.5) is 13.2 Å². The first-order valence-electron chi connectivity index (χ1n) is 5.84. The minimum Gasteiger partial charge on any atom is -0.297 e. The third-order valence-corrected chi connectivity index (χ3v) is 2.93. The Bertz CT molecular complexity index is 635.